The fourth-order valence-electron chi connectivity index (χ4n) is 3.13. The topological polar surface area (TPSA) is 75.3 Å². The van der Waals surface area contributed by atoms with E-state index in [1.165, 1.54) is 17.7 Å². The highest BCUT2D eigenvalue weighted by Gasteiger charge is 2.24. The fraction of sp³-hybridized carbons (Fsp3) is 0.316. The molecular weight excluding hydrogens is 336 g/mol. The lowest BCUT2D eigenvalue weighted by atomic mass is 10.1. The Morgan fingerprint density at radius 1 is 1.12 bits per heavy atom. The molecule has 1 atom stereocenters. The molecule has 2 N–H and O–H groups in total. The lowest BCUT2D eigenvalue weighted by molar-refractivity contribution is 0.0936. The molecule has 1 aliphatic carbocycles. The molecule has 25 heavy (non-hydrogen) atoms. The highest BCUT2D eigenvalue weighted by Crippen LogP contribution is 2.30. The van der Waals surface area contributed by atoms with Crippen LogP contribution in [0.4, 0.5) is 0 Å². The summed E-state index contributed by atoms with van der Waals surface area (Å²) in [7, 11) is -3.62. The average Bonchev–Trinajstić information content (AvgIpc) is 2.97. The van der Waals surface area contributed by atoms with E-state index in [0.29, 0.717) is 5.56 Å². The van der Waals surface area contributed by atoms with Gasteiger partial charge in [-0.1, -0.05) is 30.3 Å². The number of sulfonamides is 1. The number of benzene rings is 2. The minimum atomic E-state index is -3.62. The van der Waals surface area contributed by atoms with Gasteiger partial charge in [0.1, 0.15) is 0 Å². The first-order valence-corrected chi connectivity index (χ1v) is 9.86. The summed E-state index contributed by atoms with van der Waals surface area (Å²) in [4.78, 5) is 12.7. The third kappa shape index (κ3) is 3.91. The van der Waals surface area contributed by atoms with E-state index in [-0.39, 0.29) is 22.9 Å². The third-order valence-electron chi connectivity index (χ3n) is 4.24. The van der Waals surface area contributed by atoms with Gasteiger partial charge in [0.05, 0.1) is 10.9 Å². The molecule has 6 heteroatoms. The summed E-state index contributed by atoms with van der Waals surface area (Å²) >= 11 is 0. The third-order valence-corrected chi connectivity index (χ3v) is 5.89. The molecule has 0 radical (unpaired) electrons. The number of nitrogens with one attached hydrogen (secondary N) is 2. The molecule has 1 unspecified atom stereocenters. The normalized spacial score (nSPS) is 16.7. The van der Waals surface area contributed by atoms with Crippen LogP contribution < -0.4 is 10.0 Å². The van der Waals surface area contributed by atoms with Gasteiger partial charge in [0.25, 0.3) is 5.91 Å². The second kappa shape index (κ2) is 6.98. The van der Waals surface area contributed by atoms with E-state index in [1.54, 1.807) is 26.0 Å². The Balaban J connectivity index is 1.79. The van der Waals surface area contributed by atoms with Crippen LogP contribution in [0.25, 0.3) is 0 Å². The molecule has 0 saturated heterocycles. The average molecular weight is 358 g/mol. The maximum atomic E-state index is 12.6. The molecule has 0 fully saturated rings. The summed E-state index contributed by atoms with van der Waals surface area (Å²) in [5, 5.41) is 3.02. The van der Waals surface area contributed by atoms with Gasteiger partial charge in [-0.15, -0.1) is 0 Å². The highest BCUT2D eigenvalue weighted by molar-refractivity contribution is 7.89. The molecular formula is C19H22N2O3S. The van der Waals surface area contributed by atoms with Crippen molar-refractivity contribution in [1.29, 1.82) is 0 Å². The number of hydrogen-bond donors (Lipinski definition) is 2. The molecule has 5 nitrogen and oxygen atoms in total. The SMILES string of the molecule is CC(C)NS(=O)(=O)c1cccc(C(=O)NC2CCc3ccccc32)c1. The van der Waals surface area contributed by atoms with E-state index in [9.17, 15) is 13.2 Å². The summed E-state index contributed by atoms with van der Waals surface area (Å²) in [6.07, 6.45) is 1.80. The number of carbonyl (C=O) groups is 1. The minimum Gasteiger partial charge on any atom is -0.345 e. The molecule has 0 saturated carbocycles. The van der Waals surface area contributed by atoms with Crippen LogP contribution in [0.3, 0.4) is 0 Å². The van der Waals surface area contributed by atoms with Crippen molar-refractivity contribution in [2.45, 2.75) is 43.7 Å². The lowest BCUT2D eigenvalue weighted by Gasteiger charge is -2.15. The number of hydrogen-bond acceptors (Lipinski definition) is 3. The molecule has 132 valence electrons. The van der Waals surface area contributed by atoms with E-state index in [0.717, 1.165) is 18.4 Å². The first kappa shape index (κ1) is 17.6. The maximum absolute atomic E-state index is 12.6. The van der Waals surface area contributed by atoms with E-state index in [4.69, 9.17) is 0 Å². The number of aryl methyl sites for hydroxylation is 1. The Morgan fingerprint density at radius 2 is 1.88 bits per heavy atom. The number of amides is 1. The molecule has 3 rings (SSSR count). The highest BCUT2D eigenvalue weighted by atomic mass is 32.2. The molecule has 0 aromatic heterocycles. The van der Waals surface area contributed by atoms with Gasteiger partial charge in [0.2, 0.25) is 10.0 Å². The second-order valence-corrected chi connectivity index (χ2v) is 8.28. The molecule has 0 bridgehead atoms. The molecule has 0 heterocycles. The van der Waals surface area contributed by atoms with Gasteiger partial charge in [-0.05, 0) is 56.0 Å². The molecule has 2 aromatic carbocycles. The van der Waals surface area contributed by atoms with Gasteiger partial charge in [-0.2, -0.15) is 0 Å². The number of carbonyl (C=O) groups excluding carboxylic acids is 1. The Labute approximate surface area is 148 Å². The minimum absolute atomic E-state index is 0.0299. The van der Waals surface area contributed by atoms with Crippen molar-refractivity contribution < 1.29 is 13.2 Å². The largest absolute Gasteiger partial charge is 0.345 e. The van der Waals surface area contributed by atoms with Crippen LogP contribution in [0.2, 0.25) is 0 Å². The van der Waals surface area contributed by atoms with Crippen molar-refractivity contribution in [2.24, 2.45) is 0 Å². The van der Waals surface area contributed by atoms with Crippen LogP contribution in [-0.4, -0.2) is 20.4 Å². The Morgan fingerprint density at radius 3 is 2.64 bits per heavy atom. The summed E-state index contributed by atoms with van der Waals surface area (Å²) in [5.74, 6) is -0.261. The van der Waals surface area contributed by atoms with Gasteiger partial charge >= 0.3 is 0 Å². The summed E-state index contributed by atoms with van der Waals surface area (Å²) in [6.45, 7) is 3.51. The van der Waals surface area contributed by atoms with E-state index < -0.39 is 10.0 Å². The standard InChI is InChI=1S/C19H22N2O3S/c1-13(2)21-25(23,24)16-8-5-7-15(12-16)19(22)20-18-11-10-14-6-3-4-9-17(14)18/h3-9,12-13,18,21H,10-11H2,1-2H3,(H,20,22). The second-order valence-electron chi connectivity index (χ2n) is 6.57. The monoisotopic (exact) mass is 358 g/mol. The lowest BCUT2D eigenvalue weighted by Crippen LogP contribution is -2.31. The van der Waals surface area contributed by atoms with Crippen molar-refractivity contribution in [3.05, 3.63) is 65.2 Å². The first-order chi connectivity index (χ1) is 11.9. The van der Waals surface area contributed by atoms with Crippen molar-refractivity contribution >= 4 is 15.9 Å². The van der Waals surface area contributed by atoms with Crippen molar-refractivity contribution in [3.8, 4) is 0 Å². The Hall–Kier alpha value is -2.18. The number of rotatable bonds is 5. The maximum Gasteiger partial charge on any atom is 0.251 e. The zero-order valence-corrected chi connectivity index (χ0v) is 15.1. The van der Waals surface area contributed by atoms with Crippen molar-refractivity contribution in [3.63, 3.8) is 0 Å². The van der Waals surface area contributed by atoms with Gasteiger partial charge < -0.3 is 5.32 Å². The van der Waals surface area contributed by atoms with Gasteiger partial charge in [0, 0.05) is 11.6 Å². The molecule has 1 aliphatic rings. The quantitative estimate of drug-likeness (QED) is 0.863. The van der Waals surface area contributed by atoms with Crippen molar-refractivity contribution in [2.75, 3.05) is 0 Å². The van der Waals surface area contributed by atoms with Crippen LogP contribution >= 0.6 is 0 Å². The van der Waals surface area contributed by atoms with E-state index >= 15 is 0 Å². The van der Waals surface area contributed by atoms with E-state index in [1.807, 2.05) is 18.2 Å². The fourth-order valence-corrected chi connectivity index (χ4v) is 4.43. The zero-order chi connectivity index (χ0) is 18.0. The molecule has 0 aliphatic heterocycles. The van der Waals surface area contributed by atoms with Gasteiger partial charge in [-0.25, -0.2) is 13.1 Å². The van der Waals surface area contributed by atoms with Gasteiger partial charge in [-0.3, -0.25) is 4.79 Å². The summed E-state index contributed by atoms with van der Waals surface area (Å²) in [5.41, 5.74) is 2.74. The van der Waals surface area contributed by atoms with Crippen molar-refractivity contribution in [1.82, 2.24) is 10.0 Å². The molecule has 2 aromatic rings. The van der Waals surface area contributed by atoms with Crippen LogP contribution in [-0.2, 0) is 16.4 Å². The first-order valence-electron chi connectivity index (χ1n) is 8.38. The molecule has 1 amide bonds. The smallest absolute Gasteiger partial charge is 0.251 e. The van der Waals surface area contributed by atoms with Crippen LogP contribution in [0.15, 0.2) is 53.4 Å². The number of fused-ring (bicyclic) bond motifs is 1. The van der Waals surface area contributed by atoms with E-state index in [2.05, 4.69) is 16.1 Å². The molecule has 0 spiro atoms. The van der Waals surface area contributed by atoms with Crippen LogP contribution in [0.5, 0.6) is 0 Å². The Kier molecular flexibility index (Phi) is 4.92. The zero-order valence-electron chi connectivity index (χ0n) is 14.3. The predicted octanol–water partition coefficient (Wildman–Crippen LogP) is 2.79. The summed E-state index contributed by atoms with van der Waals surface area (Å²) in [6, 6.07) is 14.0. The predicted molar refractivity (Wildman–Crippen MR) is 96.9 cm³/mol. The van der Waals surface area contributed by atoms with Crippen LogP contribution in [0.1, 0.15) is 47.8 Å². The summed E-state index contributed by atoms with van der Waals surface area (Å²) < 4.78 is 27.1. The van der Waals surface area contributed by atoms with Gasteiger partial charge in [0.15, 0.2) is 0 Å². The van der Waals surface area contributed by atoms with Crippen LogP contribution in [0, 0.1) is 0 Å². The Bertz CT molecular complexity index is 891.